The fraction of sp³-hybridized carbons (Fsp3) is 0.297. The zero-order valence-electron chi connectivity index (χ0n) is 25.5. The van der Waals surface area contributed by atoms with Crippen LogP contribution in [0.25, 0.3) is 11.3 Å². The number of carbonyl (C=O) groups is 1. The van der Waals surface area contributed by atoms with E-state index in [4.69, 9.17) is 14.7 Å². The van der Waals surface area contributed by atoms with Gasteiger partial charge in [-0.2, -0.15) is 5.26 Å². The number of benzene rings is 3. The molecule has 228 valence electrons. The first-order valence-electron chi connectivity index (χ1n) is 15.7. The number of nitrogens with zero attached hydrogens (tertiary/aromatic N) is 5. The number of rotatable bonds is 10. The monoisotopic (exact) mass is 598 g/mol. The van der Waals surface area contributed by atoms with E-state index in [-0.39, 0.29) is 12.2 Å². The summed E-state index contributed by atoms with van der Waals surface area (Å²) in [5, 5.41) is 13.5. The first-order valence-corrected chi connectivity index (χ1v) is 15.7. The first kappa shape index (κ1) is 30.0. The van der Waals surface area contributed by atoms with Crippen molar-refractivity contribution in [3.05, 3.63) is 108 Å². The van der Waals surface area contributed by atoms with Crippen LogP contribution in [0, 0.1) is 11.3 Å². The van der Waals surface area contributed by atoms with Crippen molar-refractivity contribution in [1.82, 2.24) is 9.97 Å². The molecule has 0 unspecified atom stereocenters. The maximum absolute atomic E-state index is 12.2. The second-order valence-electron chi connectivity index (χ2n) is 11.6. The third-order valence-corrected chi connectivity index (χ3v) is 8.46. The Labute approximate surface area is 265 Å². The molecule has 2 fully saturated rings. The Morgan fingerprint density at radius 3 is 2.44 bits per heavy atom. The van der Waals surface area contributed by atoms with Gasteiger partial charge in [0.15, 0.2) is 5.78 Å². The second kappa shape index (κ2) is 14.2. The SMILES string of the molecule is C=CC(=O)Cc1ccc(C#N)c(-c2nc(Nc3cccc(N4CCCCC4)c3)ncc2Cc2ccc(N3CCOCC3)cc2)c1. The zero-order valence-corrected chi connectivity index (χ0v) is 25.5. The lowest BCUT2D eigenvalue weighted by molar-refractivity contribution is -0.114. The summed E-state index contributed by atoms with van der Waals surface area (Å²) in [6.45, 7) is 8.99. The smallest absolute Gasteiger partial charge is 0.227 e. The Bertz CT molecular complexity index is 1700. The van der Waals surface area contributed by atoms with Crippen molar-refractivity contribution >= 4 is 28.8 Å². The number of ether oxygens (including phenoxy) is 1. The van der Waals surface area contributed by atoms with Gasteiger partial charge in [-0.1, -0.05) is 30.8 Å². The first-order chi connectivity index (χ1) is 22.1. The molecule has 3 aromatic carbocycles. The van der Waals surface area contributed by atoms with E-state index >= 15 is 0 Å². The lowest BCUT2D eigenvalue weighted by atomic mass is 9.95. The number of hydrogen-bond donors (Lipinski definition) is 1. The summed E-state index contributed by atoms with van der Waals surface area (Å²) in [5.74, 6) is 0.369. The number of allylic oxidation sites excluding steroid dienone is 1. The Balaban J connectivity index is 1.34. The van der Waals surface area contributed by atoms with Gasteiger partial charge in [0.2, 0.25) is 5.95 Å². The van der Waals surface area contributed by atoms with Crippen LogP contribution < -0.4 is 15.1 Å². The highest BCUT2D eigenvalue weighted by molar-refractivity contribution is 5.91. The molecule has 0 radical (unpaired) electrons. The van der Waals surface area contributed by atoms with Gasteiger partial charge in [0, 0.05) is 73.4 Å². The summed E-state index contributed by atoms with van der Waals surface area (Å²) >= 11 is 0. The van der Waals surface area contributed by atoms with Crippen LogP contribution in [0.5, 0.6) is 0 Å². The van der Waals surface area contributed by atoms with E-state index in [9.17, 15) is 10.1 Å². The molecule has 0 atom stereocenters. The van der Waals surface area contributed by atoms with Crippen molar-refractivity contribution in [3.8, 4) is 17.3 Å². The quantitative estimate of drug-likeness (QED) is 0.208. The number of morpholine rings is 1. The van der Waals surface area contributed by atoms with Crippen LogP contribution in [0.1, 0.15) is 41.5 Å². The van der Waals surface area contributed by atoms with Crippen LogP contribution >= 0.6 is 0 Å². The molecule has 8 heteroatoms. The van der Waals surface area contributed by atoms with Crippen LogP contribution in [-0.2, 0) is 22.4 Å². The summed E-state index contributed by atoms with van der Waals surface area (Å²) in [4.78, 5) is 26.7. The molecule has 0 amide bonds. The summed E-state index contributed by atoms with van der Waals surface area (Å²) in [6.07, 6.45) is 7.67. The Hall–Kier alpha value is -5.00. The van der Waals surface area contributed by atoms with Crippen molar-refractivity contribution in [2.45, 2.75) is 32.1 Å². The Morgan fingerprint density at radius 1 is 0.933 bits per heavy atom. The molecule has 0 aliphatic carbocycles. The largest absolute Gasteiger partial charge is 0.378 e. The minimum Gasteiger partial charge on any atom is -0.378 e. The van der Waals surface area contributed by atoms with Gasteiger partial charge in [-0.15, -0.1) is 0 Å². The number of hydrogen-bond acceptors (Lipinski definition) is 8. The number of carbonyl (C=O) groups excluding carboxylic acids is 1. The van der Waals surface area contributed by atoms with Gasteiger partial charge in [0.05, 0.1) is 30.5 Å². The Morgan fingerprint density at radius 2 is 1.69 bits per heavy atom. The van der Waals surface area contributed by atoms with Gasteiger partial charge in [0.25, 0.3) is 0 Å². The fourth-order valence-corrected chi connectivity index (χ4v) is 6.03. The average Bonchev–Trinajstić information content (AvgIpc) is 3.10. The molecule has 1 aromatic heterocycles. The molecule has 6 rings (SSSR count). The van der Waals surface area contributed by atoms with Crippen molar-refractivity contribution in [1.29, 1.82) is 5.26 Å². The molecule has 2 aliphatic heterocycles. The van der Waals surface area contributed by atoms with E-state index in [2.05, 4.69) is 70.2 Å². The predicted octanol–water partition coefficient (Wildman–Crippen LogP) is 6.47. The van der Waals surface area contributed by atoms with Crippen LogP contribution in [0.3, 0.4) is 0 Å². The van der Waals surface area contributed by atoms with Crippen molar-refractivity contribution in [3.63, 3.8) is 0 Å². The van der Waals surface area contributed by atoms with E-state index in [1.54, 1.807) is 6.07 Å². The maximum Gasteiger partial charge on any atom is 0.227 e. The van der Waals surface area contributed by atoms with E-state index in [0.29, 0.717) is 29.2 Å². The topological polar surface area (TPSA) is 94.4 Å². The number of nitrogens with one attached hydrogen (secondary N) is 1. The molecular formula is C37H38N6O2. The standard InChI is InChI=1S/C37H38N6O2/c1-2-34(44)22-28-9-12-29(25-38)35(23-28)36-30(21-27-10-13-32(14-11-27)43-17-19-45-20-18-43)26-39-37(41-36)40-31-7-6-8-33(24-31)42-15-4-3-5-16-42/h2,6-14,23-24,26H,1,3-5,15-22H2,(H,39,40,41). The highest BCUT2D eigenvalue weighted by Gasteiger charge is 2.18. The summed E-state index contributed by atoms with van der Waals surface area (Å²) < 4.78 is 5.51. The molecule has 2 saturated heterocycles. The molecule has 45 heavy (non-hydrogen) atoms. The van der Waals surface area contributed by atoms with Gasteiger partial charge in [-0.3, -0.25) is 4.79 Å². The second-order valence-corrected chi connectivity index (χ2v) is 11.6. The zero-order chi connectivity index (χ0) is 31.0. The molecule has 0 saturated carbocycles. The van der Waals surface area contributed by atoms with Crippen LogP contribution in [-0.4, -0.2) is 55.1 Å². The number of ketones is 1. The number of nitriles is 1. The normalized spacial score (nSPS) is 14.9. The molecule has 3 heterocycles. The number of piperidine rings is 1. The van der Waals surface area contributed by atoms with Crippen LogP contribution in [0.15, 0.2) is 85.6 Å². The molecule has 8 nitrogen and oxygen atoms in total. The minimum absolute atomic E-state index is 0.0788. The van der Waals surface area contributed by atoms with Gasteiger partial charge in [-0.05, 0) is 78.9 Å². The number of aromatic nitrogens is 2. The van der Waals surface area contributed by atoms with Gasteiger partial charge < -0.3 is 19.9 Å². The number of anilines is 4. The molecule has 0 spiro atoms. The van der Waals surface area contributed by atoms with E-state index in [1.807, 2.05) is 24.4 Å². The highest BCUT2D eigenvalue weighted by Crippen LogP contribution is 2.31. The molecular weight excluding hydrogens is 560 g/mol. The van der Waals surface area contributed by atoms with E-state index in [1.165, 1.54) is 36.7 Å². The van der Waals surface area contributed by atoms with Crippen LogP contribution in [0.4, 0.5) is 23.0 Å². The minimum atomic E-state index is -0.0788. The lowest BCUT2D eigenvalue weighted by Gasteiger charge is -2.29. The molecule has 0 bridgehead atoms. The van der Waals surface area contributed by atoms with E-state index in [0.717, 1.165) is 61.8 Å². The summed E-state index contributed by atoms with van der Waals surface area (Å²) in [7, 11) is 0. The van der Waals surface area contributed by atoms with Crippen LogP contribution in [0.2, 0.25) is 0 Å². The van der Waals surface area contributed by atoms with Gasteiger partial charge in [-0.25, -0.2) is 9.97 Å². The summed E-state index contributed by atoms with van der Waals surface area (Å²) in [6, 6.07) is 24.7. The molecule has 1 N–H and O–H groups in total. The fourth-order valence-electron chi connectivity index (χ4n) is 6.03. The predicted molar refractivity (Wildman–Crippen MR) is 179 cm³/mol. The Kier molecular flexibility index (Phi) is 9.47. The maximum atomic E-state index is 12.2. The van der Waals surface area contributed by atoms with Crippen molar-refractivity contribution < 1.29 is 9.53 Å². The van der Waals surface area contributed by atoms with E-state index < -0.39 is 0 Å². The molecule has 2 aliphatic rings. The average molecular weight is 599 g/mol. The van der Waals surface area contributed by atoms with Crippen molar-refractivity contribution in [2.75, 3.05) is 54.5 Å². The third kappa shape index (κ3) is 7.39. The van der Waals surface area contributed by atoms with Crippen molar-refractivity contribution in [2.24, 2.45) is 0 Å². The lowest BCUT2D eigenvalue weighted by Crippen LogP contribution is -2.36. The highest BCUT2D eigenvalue weighted by atomic mass is 16.5. The third-order valence-electron chi connectivity index (χ3n) is 8.46. The summed E-state index contributed by atoms with van der Waals surface area (Å²) in [5.41, 5.74) is 7.91. The van der Waals surface area contributed by atoms with Gasteiger partial charge >= 0.3 is 0 Å². The molecule has 4 aromatic rings. The van der Waals surface area contributed by atoms with Gasteiger partial charge in [0.1, 0.15) is 0 Å².